The van der Waals surface area contributed by atoms with Crippen LogP contribution in [-0.4, -0.2) is 26.8 Å². The molecule has 0 radical (unpaired) electrons. The van der Waals surface area contributed by atoms with E-state index in [0.717, 1.165) is 10.1 Å². The van der Waals surface area contributed by atoms with Crippen molar-refractivity contribution in [3.05, 3.63) is 39.9 Å². The zero-order valence-electron chi connectivity index (χ0n) is 10.4. The van der Waals surface area contributed by atoms with Crippen LogP contribution in [0.15, 0.2) is 28.6 Å². The van der Waals surface area contributed by atoms with E-state index in [1.165, 1.54) is 47.4 Å². The van der Waals surface area contributed by atoms with Gasteiger partial charge in [-0.25, -0.2) is 0 Å². The lowest BCUT2D eigenvalue weighted by atomic mass is 10.2. The summed E-state index contributed by atoms with van der Waals surface area (Å²) in [5.41, 5.74) is 0.0798. The number of thioether (sulfide) groups is 1. The maximum Gasteiger partial charge on any atom is 0.270 e. The standard InChI is InChI=1S/C11H10N4O3S2/c1-2-19-11-14-13-10(20-11)12-9(16)7-4-3-5-8(6-7)15(17)18/h3-6H,2H2,1H3,(H,12,13,16). The highest BCUT2D eigenvalue weighted by molar-refractivity contribution is 8.01. The number of nitrogens with one attached hydrogen (secondary N) is 1. The number of anilines is 1. The smallest absolute Gasteiger partial charge is 0.270 e. The number of carbonyl (C=O) groups is 1. The van der Waals surface area contributed by atoms with Gasteiger partial charge in [-0.15, -0.1) is 10.2 Å². The summed E-state index contributed by atoms with van der Waals surface area (Å²) in [6, 6.07) is 5.52. The Morgan fingerprint density at radius 2 is 2.30 bits per heavy atom. The Balaban J connectivity index is 2.11. The summed E-state index contributed by atoms with van der Waals surface area (Å²) in [7, 11) is 0. The lowest BCUT2D eigenvalue weighted by molar-refractivity contribution is -0.384. The highest BCUT2D eigenvalue weighted by Crippen LogP contribution is 2.25. The molecule has 1 aromatic heterocycles. The van der Waals surface area contributed by atoms with Crippen molar-refractivity contribution in [3.8, 4) is 0 Å². The molecule has 0 atom stereocenters. The lowest BCUT2D eigenvalue weighted by Crippen LogP contribution is -2.11. The van der Waals surface area contributed by atoms with Crippen LogP contribution in [0.1, 0.15) is 17.3 Å². The predicted molar refractivity (Wildman–Crippen MR) is 77.4 cm³/mol. The summed E-state index contributed by atoms with van der Waals surface area (Å²) in [4.78, 5) is 22.1. The van der Waals surface area contributed by atoms with Gasteiger partial charge in [0.2, 0.25) is 5.13 Å². The largest absolute Gasteiger partial charge is 0.296 e. The summed E-state index contributed by atoms with van der Waals surface area (Å²) in [6.07, 6.45) is 0. The van der Waals surface area contributed by atoms with Crippen LogP contribution in [-0.2, 0) is 0 Å². The van der Waals surface area contributed by atoms with E-state index in [-0.39, 0.29) is 11.3 Å². The number of amides is 1. The number of aromatic nitrogens is 2. The van der Waals surface area contributed by atoms with Crippen LogP contribution in [0.2, 0.25) is 0 Å². The zero-order chi connectivity index (χ0) is 14.5. The Labute approximate surface area is 122 Å². The molecule has 0 aliphatic heterocycles. The summed E-state index contributed by atoms with van der Waals surface area (Å²) in [6.45, 7) is 1.99. The van der Waals surface area contributed by atoms with E-state index in [2.05, 4.69) is 15.5 Å². The Bertz CT molecular complexity index is 644. The second-order valence-electron chi connectivity index (χ2n) is 3.57. The molecule has 0 saturated carbocycles. The summed E-state index contributed by atoms with van der Waals surface area (Å²) in [5, 5.41) is 21.4. The molecule has 9 heteroatoms. The first-order valence-corrected chi connectivity index (χ1v) is 7.42. The van der Waals surface area contributed by atoms with Crippen molar-refractivity contribution in [2.24, 2.45) is 0 Å². The van der Waals surface area contributed by atoms with Gasteiger partial charge in [-0.2, -0.15) is 0 Å². The van der Waals surface area contributed by atoms with E-state index < -0.39 is 10.8 Å². The minimum Gasteiger partial charge on any atom is -0.296 e. The van der Waals surface area contributed by atoms with Crippen molar-refractivity contribution in [3.63, 3.8) is 0 Å². The zero-order valence-corrected chi connectivity index (χ0v) is 12.0. The molecule has 0 bridgehead atoms. The molecule has 0 unspecified atom stereocenters. The molecule has 0 aliphatic rings. The van der Waals surface area contributed by atoms with E-state index in [1.54, 1.807) is 0 Å². The van der Waals surface area contributed by atoms with E-state index in [1.807, 2.05) is 6.92 Å². The molecular formula is C11H10N4O3S2. The van der Waals surface area contributed by atoms with Crippen LogP contribution in [0.25, 0.3) is 0 Å². The van der Waals surface area contributed by atoms with Crippen molar-refractivity contribution in [1.29, 1.82) is 0 Å². The fourth-order valence-electron chi connectivity index (χ4n) is 1.37. The van der Waals surface area contributed by atoms with Gasteiger partial charge in [-0.1, -0.05) is 36.1 Å². The molecule has 0 aliphatic carbocycles. The van der Waals surface area contributed by atoms with Gasteiger partial charge in [0.25, 0.3) is 11.6 Å². The first-order valence-electron chi connectivity index (χ1n) is 5.62. The van der Waals surface area contributed by atoms with Crippen LogP contribution in [0.4, 0.5) is 10.8 Å². The van der Waals surface area contributed by atoms with Crippen molar-refractivity contribution >= 4 is 39.8 Å². The first-order chi connectivity index (χ1) is 9.60. The van der Waals surface area contributed by atoms with E-state index >= 15 is 0 Å². The first kappa shape index (κ1) is 14.4. The van der Waals surface area contributed by atoms with E-state index in [0.29, 0.717) is 5.13 Å². The fraction of sp³-hybridized carbons (Fsp3) is 0.182. The van der Waals surface area contributed by atoms with E-state index in [4.69, 9.17) is 0 Å². The molecule has 1 aromatic carbocycles. The highest BCUT2D eigenvalue weighted by atomic mass is 32.2. The molecule has 1 heterocycles. The number of non-ortho nitro benzene ring substituents is 1. The minimum atomic E-state index is -0.544. The van der Waals surface area contributed by atoms with Gasteiger partial charge in [0.15, 0.2) is 4.34 Å². The second-order valence-corrected chi connectivity index (χ2v) is 6.06. The van der Waals surface area contributed by atoms with Crippen molar-refractivity contribution in [2.75, 3.05) is 11.1 Å². The molecule has 1 amide bonds. The Morgan fingerprint density at radius 1 is 1.50 bits per heavy atom. The quantitative estimate of drug-likeness (QED) is 0.394. The van der Waals surface area contributed by atoms with Gasteiger partial charge in [-0.3, -0.25) is 20.2 Å². The Kier molecular flexibility index (Phi) is 4.64. The van der Waals surface area contributed by atoms with Crippen LogP contribution in [0.5, 0.6) is 0 Å². The van der Waals surface area contributed by atoms with Crippen molar-refractivity contribution in [1.82, 2.24) is 10.2 Å². The van der Waals surface area contributed by atoms with Crippen molar-refractivity contribution < 1.29 is 9.72 Å². The van der Waals surface area contributed by atoms with Gasteiger partial charge in [0.1, 0.15) is 0 Å². The predicted octanol–water partition coefficient (Wildman–Crippen LogP) is 2.81. The highest BCUT2D eigenvalue weighted by Gasteiger charge is 2.13. The fourth-order valence-corrected chi connectivity index (χ4v) is 3.02. The number of nitro benzene ring substituents is 1. The van der Waals surface area contributed by atoms with Crippen LogP contribution in [0, 0.1) is 10.1 Å². The Morgan fingerprint density at radius 3 is 3.00 bits per heavy atom. The van der Waals surface area contributed by atoms with Crippen molar-refractivity contribution in [2.45, 2.75) is 11.3 Å². The van der Waals surface area contributed by atoms with Gasteiger partial charge in [0, 0.05) is 17.7 Å². The molecule has 2 rings (SSSR count). The minimum absolute atomic E-state index is 0.128. The van der Waals surface area contributed by atoms with Gasteiger partial charge in [0.05, 0.1) is 4.92 Å². The van der Waals surface area contributed by atoms with Gasteiger partial charge in [-0.05, 0) is 11.8 Å². The van der Waals surface area contributed by atoms with Crippen LogP contribution < -0.4 is 5.32 Å². The van der Waals surface area contributed by atoms with Crippen LogP contribution >= 0.6 is 23.1 Å². The number of carbonyl (C=O) groups excluding carboxylic acids is 1. The normalized spacial score (nSPS) is 10.2. The van der Waals surface area contributed by atoms with E-state index in [9.17, 15) is 14.9 Å². The number of nitrogens with zero attached hydrogens (tertiary/aromatic N) is 3. The molecule has 2 aromatic rings. The molecule has 0 fully saturated rings. The number of hydrogen-bond donors (Lipinski definition) is 1. The molecular weight excluding hydrogens is 300 g/mol. The maximum atomic E-state index is 12.0. The summed E-state index contributed by atoms with van der Waals surface area (Å²) in [5.74, 6) is 0.422. The lowest BCUT2D eigenvalue weighted by Gasteiger charge is -2.00. The number of hydrogen-bond acceptors (Lipinski definition) is 7. The average Bonchev–Trinajstić information content (AvgIpc) is 2.86. The average molecular weight is 310 g/mol. The molecule has 0 saturated heterocycles. The van der Waals surface area contributed by atoms with Gasteiger partial charge < -0.3 is 0 Å². The third-order valence-corrected chi connectivity index (χ3v) is 4.07. The topological polar surface area (TPSA) is 98.0 Å². The SMILES string of the molecule is CCSc1nnc(NC(=O)c2cccc([N+](=O)[O-])c2)s1. The number of benzene rings is 1. The second kappa shape index (κ2) is 6.44. The molecule has 20 heavy (non-hydrogen) atoms. The molecule has 7 nitrogen and oxygen atoms in total. The van der Waals surface area contributed by atoms with Gasteiger partial charge >= 0.3 is 0 Å². The maximum absolute atomic E-state index is 12.0. The molecule has 104 valence electrons. The van der Waals surface area contributed by atoms with Crippen LogP contribution in [0.3, 0.4) is 0 Å². The molecule has 1 N–H and O–H groups in total. The number of rotatable bonds is 5. The number of nitro groups is 1. The third kappa shape index (κ3) is 3.52. The Hall–Kier alpha value is -2.00. The summed E-state index contributed by atoms with van der Waals surface area (Å²) >= 11 is 2.80. The monoisotopic (exact) mass is 310 g/mol. The summed E-state index contributed by atoms with van der Waals surface area (Å²) < 4.78 is 0.766. The molecule has 0 spiro atoms. The third-order valence-electron chi connectivity index (χ3n) is 2.21.